The van der Waals surface area contributed by atoms with E-state index in [1.807, 2.05) is 69.3 Å². The SMILES string of the molecule is CCCc1nc(CC)n(CC2(O)CC(C)OC(C)C2)c(=O)c1Cc1ccc(-c2ccccc2-c2noc(=O)[nH]2)cc1. The number of hydrogen-bond acceptors (Lipinski definition) is 7. The molecule has 41 heavy (non-hydrogen) atoms. The molecule has 5 rings (SSSR count). The molecule has 0 radical (unpaired) electrons. The van der Waals surface area contributed by atoms with Gasteiger partial charge in [-0.1, -0.05) is 74.0 Å². The Kier molecular flexibility index (Phi) is 8.37. The predicted octanol–water partition coefficient (Wildman–Crippen LogP) is 4.68. The van der Waals surface area contributed by atoms with Crippen molar-refractivity contribution in [2.75, 3.05) is 0 Å². The molecule has 2 aromatic heterocycles. The van der Waals surface area contributed by atoms with Crippen molar-refractivity contribution in [1.82, 2.24) is 19.7 Å². The average molecular weight is 559 g/mol. The van der Waals surface area contributed by atoms with Gasteiger partial charge in [0.25, 0.3) is 5.56 Å². The van der Waals surface area contributed by atoms with Gasteiger partial charge in [0, 0.05) is 36.8 Å². The second kappa shape index (κ2) is 12.0. The fourth-order valence-corrected chi connectivity index (χ4v) is 6.10. The van der Waals surface area contributed by atoms with Crippen LogP contribution in [0, 0.1) is 0 Å². The first-order chi connectivity index (χ1) is 19.7. The molecular formula is C32H38N4O5. The highest BCUT2D eigenvalue weighted by Crippen LogP contribution is 2.32. The summed E-state index contributed by atoms with van der Waals surface area (Å²) >= 11 is 0. The van der Waals surface area contributed by atoms with Crippen LogP contribution in [-0.2, 0) is 30.5 Å². The van der Waals surface area contributed by atoms with Gasteiger partial charge in [0.05, 0.1) is 30.0 Å². The van der Waals surface area contributed by atoms with Crippen molar-refractivity contribution in [1.29, 1.82) is 0 Å². The first-order valence-corrected chi connectivity index (χ1v) is 14.4. The Hall–Kier alpha value is -3.82. The molecule has 0 saturated carbocycles. The van der Waals surface area contributed by atoms with Crippen LogP contribution in [0.3, 0.4) is 0 Å². The van der Waals surface area contributed by atoms with E-state index < -0.39 is 11.4 Å². The lowest BCUT2D eigenvalue weighted by Gasteiger charge is -2.39. The van der Waals surface area contributed by atoms with E-state index >= 15 is 0 Å². The van der Waals surface area contributed by atoms with Gasteiger partial charge in [0.1, 0.15) is 5.82 Å². The molecule has 0 bridgehead atoms. The van der Waals surface area contributed by atoms with Gasteiger partial charge in [-0.3, -0.25) is 18.9 Å². The van der Waals surface area contributed by atoms with Gasteiger partial charge in [-0.2, -0.15) is 0 Å². The van der Waals surface area contributed by atoms with Crippen LogP contribution in [0.2, 0.25) is 0 Å². The number of hydrogen-bond donors (Lipinski definition) is 2. The van der Waals surface area contributed by atoms with Crippen LogP contribution in [-0.4, -0.2) is 42.6 Å². The number of aromatic amines is 1. The highest BCUT2D eigenvalue weighted by Gasteiger charge is 2.38. The highest BCUT2D eigenvalue weighted by molar-refractivity contribution is 5.80. The molecule has 2 N–H and O–H groups in total. The molecule has 4 aromatic rings. The lowest BCUT2D eigenvalue weighted by Crippen LogP contribution is -2.48. The zero-order chi connectivity index (χ0) is 29.1. The Morgan fingerprint density at radius 3 is 2.32 bits per heavy atom. The number of aryl methyl sites for hydroxylation is 2. The lowest BCUT2D eigenvalue weighted by atomic mass is 9.87. The van der Waals surface area contributed by atoms with E-state index in [-0.39, 0.29) is 24.3 Å². The molecule has 3 heterocycles. The maximum atomic E-state index is 14.1. The molecule has 1 saturated heterocycles. The number of benzene rings is 2. The molecular weight excluding hydrogens is 520 g/mol. The smallest absolute Gasteiger partial charge is 0.388 e. The normalized spacial score (nSPS) is 20.8. The van der Waals surface area contributed by atoms with Crippen molar-refractivity contribution in [3.05, 3.63) is 92.1 Å². The number of nitrogens with one attached hydrogen (secondary N) is 1. The van der Waals surface area contributed by atoms with Crippen LogP contribution in [0.15, 0.2) is 62.6 Å². The zero-order valence-corrected chi connectivity index (χ0v) is 24.1. The molecule has 0 spiro atoms. The maximum absolute atomic E-state index is 14.1. The van der Waals surface area contributed by atoms with Gasteiger partial charge < -0.3 is 9.84 Å². The van der Waals surface area contributed by atoms with Crippen LogP contribution in [0.4, 0.5) is 0 Å². The first kappa shape index (κ1) is 28.7. The maximum Gasteiger partial charge on any atom is 0.439 e. The van der Waals surface area contributed by atoms with Crippen LogP contribution in [0.25, 0.3) is 22.5 Å². The van der Waals surface area contributed by atoms with Crippen molar-refractivity contribution < 1.29 is 14.4 Å². The van der Waals surface area contributed by atoms with Gasteiger partial charge >= 0.3 is 5.76 Å². The Bertz CT molecular complexity index is 1610. The minimum Gasteiger partial charge on any atom is -0.388 e. The molecule has 9 heteroatoms. The summed E-state index contributed by atoms with van der Waals surface area (Å²) in [7, 11) is 0. The number of aliphatic hydroxyl groups is 1. The van der Waals surface area contributed by atoms with E-state index in [2.05, 4.69) is 17.1 Å². The van der Waals surface area contributed by atoms with E-state index in [9.17, 15) is 14.7 Å². The van der Waals surface area contributed by atoms with E-state index in [4.69, 9.17) is 14.2 Å². The first-order valence-electron chi connectivity index (χ1n) is 14.4. The van der Waals surface area contributed by atoms with Crippen LogP contribution < -0.4 is 11.3 Å². The summed E-state index contributed by atoms with van der Waals surface area (Å²) in [5.74, 6) is 0.478. The molecule has 1 aliphatic heterocycles. The zero-order valence-electron chi connectivity index (χ0n) is 24.1. The average Bonchev–Trinajstić information content (AvgIpc) is 3.38. The number of nitrogens with zero attached hydrogens (tertiary/aromatic N) is 3. The molecule has 216 valence electrons. The minimum atomic E-state index is -1.03. The summed E-state index contributed by atoms with van der Waals surface area (Å²) in [6.07, 6.45) is 3.43. The third kappa shape index (κ3) is 6.26. The summed E-state index contributed by atoms with van der Waals surface area (Å²) in [4.78, 5) is 33.2. The standard InChI is InChI=1S/C32H38N4O5/c1-5-9-27-26(30(37)36(28(6-2)33-27)19-32(39)17-20(3)40-21(4)18-32)16-22-12-14-23(15-13-22)24-10-7-8-11-25(24)29-34-31(38)41-35-29/h7-8,10-15,20-21,39H,5-6,9,16-19H2,1-4H3,(H,34,35,38). The third-order valence-corrected chi connectivity index (χ3v) is 7.75. The summed E-state index contributed by atoms with van der Waals surface area (Å²) in [6, 6.07) is 15.7. The predicted molar refractivity (Wildman–Crippen MR) is 157 cm³/mol. The van der Waals surface area contributed by atoms with Crippen molar-refractivity contribution in [2.24, 2.45) is 0 Å². The van der Waals surface area contributed by atoms with E-state index in [1.54, 1.807) is 4.57 Å². The van der Waals surface area contributed by atoms with Gasteiger partial charge in [0.15, 0.2) is 5.82 Å². The number of H-pyrrole nitrogens is 1. The van der Waals surface area contributed by atoms with Crippen molar-refractivity contribution in [2.45, 2.75) is 90.6 Å². The largest absolute Gasteiger partial charge is 0.439 e. The van der Waals surface area contributed by atoms with Crippen LogP contribution in [0.5, 0.6) is 0 Å². The van der Waals surface area contributed by atoms with E-state index in [0.29, 0.717) is 49.3 Å². The summed E-state index contributed by atoms with van der Waals surface area (Å²) in [6.45, 7) is 8.22. The summed E-state index contributed by atoms with van der Waals surface area (Å²) < 4.78 is 12.3. The summed E-state index contributed by atoms with van der Waals surface area (Å²) in [5, 5.41) is 15.4. The Balaban J connectivity index is 1.48. The fourth-order valence-electron chi connectivity index (χ4n) is 6.10. The second-order valence-electron chi connectivity index (χ2n) is 11.2. The monoisotopic (exact) mass is 558 g/mol. The highest BCUT2D eigenvalue weighted by atomic mass is 16.5. The van der Waals surface area contributed by atoms with Gasteiger partial charge in [0.2, 0.25) is 0 Å². The van der Waals surface area contributed by atoms with Gasteiger partial charge in [-0.15, -0.1) is 0 Å². The Morgan fingerprint density at radius 1 is 1.02 bits per heavy atom. The number of ether oxygens (including phenoxy) is 1. The van der Waals surface area contributed by atoms with Crippen LogP contribution in [0.1, 0.15) is 69.6 Å². The van der Waals surface area contributed by atoms with Gasteiger partial charge in [-0.25, -0.2) is 9.78 Å². The van der Waals surface area contributed by atoms with Crippen molar-refractivity contribution in [3.63, 3.8) is 0 Å². The molecule has 9 nitrogen and oxygen atoms in total. The fraction of sp³-hybridized carbons (Fsp3) is 0.438. The number of rotatable bonds is 9. The summed E-state index contributed by atoms with van der Waals surface area (Å²) in [5.41, 5.74) is 3.99. The van der Waals surface area contributed by atoms with E-state index in [0.717, 1.165) is 34.4 Å². The topological polar surface area (TPSA) is 123 Å². The molecule has 2 aromatic carbocycles. The van der Waals surface area contributed by atoms with Crippen molar-refractivity contribution in [3.8, 4) is 22.5 Å². The Morgan fingerprint density at radius 2 is 1.71 bits per heavy atom. The molecule has 0 aliphatic carbocycles. The lowest BCUT2D eigenvalue weighted by molar-refractivity contribution is -0.138. The van der Waals surface area contributed by atoms with Crippen molar-refractivity contribution >= 4 is 0 Å². The molecule has 1 fully saturated rings. The molecule has 1 aliphatic rings. The second-order valence-corrected chi connectivity index (χ2v) is 11.2. The molecule has 2 atom stereocenters. The van der Waals surface area contributed by atoms with Gasteiger partial charge in [-0.05, 0) is 37.0 Å². The third-order valence-electron chi connectivity index (χ3n) is 7.75. The Labute approximate surface area is 239 Å². The quantitative estimate of drug-likeness (QED) is 0.306. The number of aromatic nitrogens is 4. The van der Waals surface area contributed by atoms with E-state index in [1.165, 1.54) is 0 Å². The molecule has 0 amide bonds. The minimum absolute atomic E-state index is 0.0788. The van der Waals surface area contributed by atoms with Crippen LogP contribution >= 0.6 is 0 Å². The molecule has 2 unspecified atom stereocenters.